The van der Waals surface area contributed by atoms with Crippen LogP contribution >= 0.6 is 0 Å². The van der Waals surface area contributed by atoms with Crippen LogP contribution in [0.2, 0.25) is 0 Å². The number of benzene rings is 1. The molecular weight excluding hydrogens is 228 g/mol. The van der Waals surface area contributed by atoms with Gasteiger partial charge in [-0.15, -0.1) is 0 Å². The first-order chi connectivity index (χ1) is 8.83. The minimum Gasteiger partial charge on any atom is -0.492 e. The van der Waals surface area contributed by atoms with Gasteiger partial charge in [0, 0.05) is 19.1 Å². The monoisotopic (exact) mass is 246 g/mol. The van der Waals surface area contributed by atoms with Gasteiger partial charge in [0.15, 0.2) is 0 Å². The standard InChI is InChI=1S/C14H18N2O2/c15-11-12-1-5-14(6-2-12)18-10-8-16(7-9-17)13-3-4-13/h1-2,5-6,13,17H,3-4,7-10H2. The smallest absolute Gasteiger partial charge is 0.119 e. The van der Waals surface area contributed by atoms with Crippen molar-refractivity contribution in [3.63, 3.8) is 0 Å². The SMILES string of the molecule is N#Cc1ccc(OCCN(CCO)C2CC2)cc1. The van der Waals surface area contributed by atoms with Crippen LogP contribution in [0.15, 0.2) is 24.3 Å². The lowest BCUT2D eigenvalue weighted by Gasteiger charge is -2.20. The van der Waals surface area contributed by atoms with Crippen LogP contribution in [-0.4, -0.2) is 42.4 Å². The summed E-state index contributed by atoms with van der Waals surface area (Å²) in [4.78, 5) is 2.27. The summed E-state index contributed by atoms with van der Waals surface area (Å²) in [6.45, 7) is 2.38. The molecule has 1 fully saturated rings. The molecule has 0 aliphatic heterocycles. The van der Waals surface area contributed by atoms with E-state index in [1.807, 2.05) is 12.1 Å². The molecule has 0 unspecified atom stereocenters. The first-order valence-corrected chi connectivity index (χ1v) is 6.31. The van der Waals surface area contributed by atoms with Crippen LogP contribution in [0.5, 0.6) is 5.75 Å². The van der Waals surface area contributed by atoms with Gasteiger partial charge in [0.25, 0.3) is 0 Å². The summed E-state index contributed by atoms with van der Waals surface area (Å²) >= 11 is 0. The fourth-order valence-electron chi connectivity index (χ4n) is 1.95. The number of nitriles is 1. The molecule has 0 spiro atoms. The summed E-state index contributed by atoms with van der Waals surface area (Å²) in [6.07, 6.45) is 2.47. The highest BCUT2D eigenvalue weighted by Crippen LogP contribution is 2.26. The minimum atomic E-state index is 0.202. The number of hydrogen-bond donors (Lipinski definition) is 1. The van der Waals surface area contributed by atoms with Gasteiger partial charge in [-0.2, -0.15) is 5.26 Å². The van der Waals surface area contributed by atoms with Crippen molar-refractivity contribution < 1.29 is 9.84 Å². The molecule has 4 heteroatoms. The normalized spacial score (nSPS) is 14.5. The van der Waals surface area contributed by atoms with Crippen LogP contribution in [0.3, 0.4) is 0 Å². The van der Waals surface area contributed by atoms with Crippen molar-refractivity contribution in [2.45, 2.75) is 18.9 Å². The van der Waals surface area contributed by atoms with Crippen molar-refractivity contribution in [3.05, 3.63) is 29.8 Å². The molecule has 0 radical (unpaired) electrons. The average Bonchev–Trinajstić information content (AvgIpc) is 3.23. The third-order valence-electron chi connectivity index (χ3n) is 3.08. The zero-order valence-electron chi connectivity index (χ0n) is 10.4. The Bertz CT molecular complexity index is 407. The quantitative estimate of drug-likeness (QED) is 0.790. The molecule has 0 aromatic heterocycles. The summed E-state index contributed by atoms with van der Waals surface area (Å²) < 4.78 is 5.63. The van der Waals surface area contributed by atoms with Crippen LogP contribution < -0.4 is 4.74 Å². The van der Waals surface area contributed by atoms with Crippen molar-refractivity contribution in [1.82, 2.24) is 4.90 Å². The maximum absolute atomic E-state index is 8.97. The maximum atomic E-state index is 8.97. The van der Waals surface area contributed by atoms with E-state index in [1.54, 1.807) is 12.1 Å². The maximum Gasteiger partial charge on any atom is 0.119 e. The van der Waals surface area contributed by atoms with Gasteiger partial charge in [0.05, 0.1) is 18.2 Å². The van der Waals surface area contributed by atoms with Crippen molar-refractivity contribution in [2.24, 2.45) is 0 Å². The summed E-state index contributed by atoms with van der Waals surface area (Å²) in [5, 5.41) is 17.7. The van der Waals surface area contributed by atoms with Crippen LogP contribution in [-0.2, 0) is 0 Å². The topological polar surface area (TPSA) is 56.5 Å². The van der Waals surface area contributed by atoms with E-state index in [1.165, 1.54) is 12.8 Å². The van der Waals surface area contributed by atoms with E-state index in [0.717, 1.165) is 18.8 Å². The van der Waals surface area contributed by atoms with E-state index in [9.17, 15) is 0 Å². The molecule has 96 valence electrons. The van der Waals surface area contributed by atoms with Gasteiger partial charge in [0.1, 0.15) is 12.4 Å². The Hall–Kier alpha value is -1.57. The molecule has 1 aromatic carbocycles. The highest BCUT2D eigenvalue weighted by atomic mass is 16.5. The van der Waals surface area contributed by atoms with Crippen molar-refractivity contribution in [2.75, 3.05) is 26.3 Å². The van der Waals surface area contributed by atoms with E-state index in [4.69, 9.17) is 15.1 Å². The average molecular weight is 246 g/mol. The number of nitrogens with zero attached hydrogens (tertiary/aromatic N) is 2. The van der Waals surface area contributed by atoms with Crippen molar-refractivity contribution >= 4 is 0 Å². The molecule has 1 N–H and O–H groups in total. The lowest BCUT2D eigenvalue weighted by Crippen LogP contribution is -2.33. The fourth-order valence-corrected chi connectivity index (χ4v) is 1.95. The van der Waals surface area contributed by atoms with E-state index in [0.29, 0.717) is 18.2 Å². The molecule has 0 heterocycles. The molecule has 18 heavy (non-hydrogen) atoms. The van der Waals surface area contributed by atoms with E-state index >= 15 is 0 Å². The summed E-state index contributed by atoms with van der Waals surface area (Å²) in [5.41, 5.74) is 0.641. The molecule has 0 bridgehead atoms. The Balaban J connectivity index is 1.74. The number of aliphatic hydroxyl groups excluding tert-OH is 1. The predicted octanol–water partition coefficient (Wildman–Crippen LogP) is 1.39. The van der Waals surface area contributed by atoms with Gasteiger partial charge >= 0.3 is 0 Å². The van der Waals surface area contributed by atoms with E-state index in [2.05, 4.69) is 11.0 Å². The Morgan fingerprint density at radius 2 is 2.00 bits per heavy atom. The molecule has 1 aliphatic rings. The van der Waals surface area contributed by atoms with Gasteiger partial charge in [0.2, 0.25) is 0 Å². The number of aliphatic hydroxyl groups is 1. The highest BCUT2D eigenvalue weighted by Gasteiger charge is 2.28. The van der Waals surface area contributed by atoms with Gasteiger partial charge in [-0.1, -0.05) is 0 Å². The molecule has 0 amide bonds. The Kier molecular flexibility index (Phi) is 4.57. The second-order valence-corrected chi connectivity index (χ2v) is 4.48. The van der Waals surface area contributed by atoms with Gasteiger partial charge < -0.3 is 9.84 Å². The molecule has 0 saturated heterocycles. The largest absolute Gasteiger partial charge is 0.492 e. The van der Waals surface area contributed by atoms with Crippen LogP contribution in [0.1, 0.15) is 18.4 Å². The summed E-state index contributed by atoms with van der Waals surface area (Å²) in [7, 11) is 0. The minimum absolute atomic E-state index is 0.202. The number of ether oxygens (including phenoxy) is 1. The first kappa shape index (κ1) is 12.9. The number of rotatable bonds is 7. The lowest BCUT2D eigenvalue weighted by atomic mass is 10.2. The third kappa shape index (κ3) is 3.73. The van der Waals surface area contributed by atoms with E-state index in [-0.39, 0.29) is 6.61 Å². The second kappa shape index (κ2) is 6.39. The Morgan fingerprint density at radius 1 is 1.28 bits per heavy atom. The second-order valence-electron chi connectivity index (χ2n) is 4.48. The Labute approximate surface area is 107 Å². The van der Waals surface area contributed by atoms with Crippen molar-refractivity contribution in [3.8, 4) is 11.8 Å². The highest BCUT2D eigenvalue weighted by molar-refractivity contribution is 5.34. The Morgan fingerprint density at radius 3 is 2.56 bits per heavy atom. The van der Waals surface area contributed by atoms with Gasteiger partial charge in [-0.05, 0) is 37.1 Å². The lowest BCUT2D eigenvalue weighted by molar-refractivity contribution is 0.162. The van der Waals surface area contributed by atoms with Crippen LogP contribution in [0, 0.1) is 11.3 Å². The molecule has 0 atom stereocenters. The van der Waals surface area contributed by atoms with Crippen LogP contribution in [0.4, 0.5) is 0 Å². The van der Waals surface area contributed by atoms with Gasteiger partial charge in [-0.3, -0.25) is 4.90 Å². The first-order valence-electron chi connectivity index (χ1n) is 6.31. The van der Waals surface area contributed by atoms with Crippen molar-refractivity contribution in [1.29, 1.82) is 5.26 Å². The van der Waals surface area contributed by atoms with E-state index < -0.39 is 0 Å². The molecular formula is C14H18N2O2. The third-order valence-corrected chi connectivity index (χ3v) is 3.08. The molecule has 2 rings (SSSR count). The fraction of sp³-hybridized carbons (Fsp3) is 0.500. The van der Waals surface area contributed by atoms with Crippen LogP contribution in [0.25, 0.3) is 0 Å². The zero-order chi connectivity index (χ0) is 12.8. The molecule has 4 nitrogen and oxygen atoms in total. The predicted molar refractivity (Wildman–Crippen MR) is 68.3 cm³/mol. The molecule has 1 saturated carbocycles. The zero-order valence-corrected chi connectivity index (χ0v) is 10.4. The summed E-state index contributed by atoms with van der Waals surface area (Å²) in [5.74, 6) is 0.786. The number of hydrogen-bond acceptors (Lipinski definition) is 4. The van der Waals surface area contributed by atoms with Gasteiger partial charge in [-0.25, -0.2) is 0 Å². The molecule has 1 aliphatic carbocycles. The summed E-state index contributed by atoms with van der Waals surface area (Å²) in [6, 6.07) is 9.84. The molecule has 1 aromatic rings.